The molecule has 72 valence electrons. The molecule has 0 fully saturated rings. The van der Waals surface area contributed by atoms with Crippen molar-refractivity contribution in [1.82, 2.24) is 14.6 Å². The molecule has 1 unspecified atom stereocenters. The fourth-order valence-corrected chi connectivity index (χ4v) is 1.13. The zero-order valence-electron chi connectivity index (χ0n) is 7.16. The van der Waals surface area contributed by atoms with Crippen LogP contribution in [0.25, 0.3) is 5.65 Å². The van der Waals surface area contributed by atoms with E-state index in [4.69, 9.17) is 10.8 Å². The Hall–Kier alpha value is -1.95. The highest BCUT2D eigenvalue weighted by molar-refractivity contribution is 5.75. The largest absolute Gasteiger partial charge is 0.480 e. The van der Waals surface area contributed by atoms with Crippen LogP contribution in [-0.2, 0) is 4.79 Å². The van der Waals surface area contributed by atoms with Gasteiger partial charge in [-0.2, -0.15) is 5.10 Å². The lowest BCUT2D eigenvalue weighted by molar-refractivity contribution is -0.138. The van der Waals surface area contributed by atoms with Crippen molar-refractivity contribution in [3.63, 3.8) is 0 Å². The molecule has 0 spiro atoms. The van der Waals surface area contributed by atoms with Crippen LogP contribution in [0.3, 0.4) is 0 Å². The van der Waals surface area contributed by atoms with Crippen molar-refractivity contribution in [2.75, 3.05) is 0 Å². The van der Waals surface area contributed by atoms with E-state index in [2.05, 4.69) is 10.1 Å². The van der Waals surface area contributed by atoms with E-state index in [0.717, 1.165) is 0 Å². The first-order chi connectivity index (χ1) is 6.68. The van der Waals surface area contributed by atoms with Gasteiger partial charge in [0, 0.05) is 24.0 Å². The molecule has 0 aliphatic rings. The van der Waals surface area contributed by atoms with E-state index in [-0.39, 0.29) is 0 Å². The molecular formula is C8H8N4O2. The summed E-state index contributed by atoms with van der Waals surface area (Å²) in [6.45, 7) is 0. The molecule has 0 aliphatic carbocycles. The second-order valence-electron chi connectivity index (χ2n) is 2.84. The van der Waals surface area contributed by atoms with Gasteiger partial charge in [0.1, 0.15) is 6.04 Å². The maximum absolute atomic E-state index is 10.6. The number of rotatable bonds is 2. The number of carboxylic acid groups (broad SMARTS) is 1. The van der Waals surface area contributed by atoms with Crippen molar-refractivity contribution in [1.29, 1.82) is 0 Å². The third-order valence-electron chi connectivity index (χ3n) is 1.89. The number of carboxylic acids is 1. The summed E-state index contributed by atoms with van der Waals surface area (Å²) in [5.74, 6) is -1.08. The summed E-state index contributed by atoms with van der Waals surface area (Å²) in [4.78, 5) is 14.6. The Bertz CT molecular complexity index is 479. The van der Waals surface area contributed by atoms with Crippen LogP contribution in [-0.4, -0.2) is 25.7 Å². The van der Waals surface area contributed by atoms with Crippen LogP contribution in [0.5, 0.6) is 0 Å². The van der Waals surface area contributed by atoms with Crippen molar-refractivity contribution in [2.24, 2.45) is 5.73 Å². The lowest BCUT2D eigenvalue weighted by atomic mass is 10.2. The van der Waals surface area contributed by atoms with Gasteiger partial charge in [-0.05, 0) is 0 Å². The second-order valence-corrected chi connectivity index (χ2v) is 2.84. The van der Waals surface area contributed by atoms with Gasteiger partial charge in [-0.15, -0.1) is 0 Å². The summed E-state index contributed by atoms with van der Waals surface area (Å²) in [6, 6.07) is 0.659. The van der Waals surface area contributed by atoms with Crippen molar-refractivity contribution >= 4 is 11.6 Å². The number of fused-ring (bicyclic) bond motifs is 1. The van der Waals surface area contributed by atoms with Crippen LogP contribution in [0.15, 0.2) is 24.7 Å². The molecule has 0 saturated heterocycles. The molecule has 6 nitrogen and oxygen atoms in total. The fourth-order valence-electron chi connectivity index (χ4n) is 1.13. The van der Waals surface area contributed by atoms with Crippen LogP contribution in [0.4, 0.5) is 0 Å². The van der Waals surface area contributed by atoms with E-state index >= 15 is 0 Å². The molecule has 3 N–H and O–H groups in total. The van der Waals surface area contributed by atoms with E-state index in [0.29, 0.717) is 11.2 Å². The number of hydrogen-bond donors (Lipinski definition) is 2. The zero-order chi connectivity index (χ0) is 10.1. The number of carbonyl (C=O) groups is 1. The molecule has 2 aromatic rings. The van der Waals surface area contributed by atoms with Gasteiger partial charge in [0.15, 0.2) is 5.65 Å². The van der Waals surface area contributed by atoms with Crippen LogP contribution < -0.4 is 5.73 Å². The predicted molar refractivity (Wildman–Crippen MR) is 47.6 cm³/mol. The molecule has 0 aliphatic heterocycles. The maximum Gasteiger partial charge on any atom is 0.325 e. The van der Waals surface area contributed by atoms with Gasteiger partial charge in [-0.3, -0.25) is 4.79 Å². The molecular weight excluding hydrogens is 184 g/mol. The first-order valence-electron chi connectivity index (χ1n) is 3.96. The Morgan fingerprint density at radius 2 is 2.43 bits per heavy atom. The minimum Gasteiger partial charge on any atom is -0.480 e. The van der Waals surface area contributed by atoms with Crippen molar-refractivity contribution in [2.45, 2.75) is 6.04 Å². The molecule has 0 bridgehead atoms. The van der Waals surface area contributed by atoms with Gasteiger partial charge >= 0.3 is 5.97 Å². The Kier molecular flexibility index (Phi) is 1.90. The summed E-state index contributed by atoms with van der Waals surface area (Å²) in [6.07, 6.45) is 4.58. The minimum atomic E-state index is -1.08. The van der Waals surface area contributed by atoms with Crippen LogP contribution in [0.1, 0.15) is 11.6 Å². The number of hydrogen-bond acceptors (Lipinski definition) is 4. The highest BCUT2D eigenvalue weighted by Crippen LogP contribution is 2.09. The standard InChI is InChI=1S/C8H8N4O2/c9-7(8(13)14)5-3-10-6-1-2-11-12(6)4-5/h1-4,7H,9H2,(H,13,14). The highest BCUT2D eigenvalue weighted by atomic mass is 16.4. The van der Waals surface area contributed by atoms with Crippen LogP contribution >= 0.6 is 0 Å². The average Bonchev–Trinajstić information content (AvgIpc) is 2.62. The van der Waals surface area contributed by atoms with Gasteiger partial charge in [-0.25, -0.2) is 9.50 Å². The Labute approximate surface area is 79.0 Å². The average molecular weight is 192 g/mol. The van der Waals surface area contributed by atoms with E-state index in [1.165, 1.54) is 10.7 Å². The molecule has 1 atom stereocenters. The predicted octanol–water partition coefficient (Wildman–Crippen LogP) is -0.186. The van der Waals surface area contributed by atoms with Crippen molar-refractivity contribution < 1.29 is 9.90 Å². The quantitative estimate of drug-likeness (QED) is 0.688. The van der Waals surface area contributed by atoms with E-state index in [9.17, 15) is 4.79 Å². The van der Waals surface area contributed by atoms with Crippen molar-refractivity contribution in [3.05, 3.63) is 30.2 Å². The molecule has 6 heteroatoms. The monoisotopic (exact) mass is 192 g/mol. The summed E-state index contributed by atoms with van der Waals surface area (Å²) in [7, 11) is 0. The number of nitrogens with two attached hydrogens (primary N) is 1. The fraction of sp³-hybridized carbons (Fsp3) is 0.125. The third kappa shape index (κ3) is 1.31. The van der Waals surface area contributed by atoms with Gasteiger partial charge in [0.25, 0.3) is 0 Å². The molecule has 0 saturated carbocycles. The number of aliphatic carboxylic acids is 1. The molecule has 0 amide bonds. The molecule has 0 aromatic carbocycles. The van der Waals surface area contributed by atoms with Gasteiger partial charge < -0.3 is 10.8 Å². The molecule has 2 rings (SSSR count). The maximum atomic E-state index is 10.6. The molecule has 2 heterocycles. The molecule has 2 aromatic heterocycles. The van der Waals surface area contributed by atoms with E-state index in [1.54, 1.807) is 18.5 Å². The summed E-state index contributed by atoms with van der Waals surface area (Å²) < 4.78 is 1.48. The SMILES string of the molecule is NC(C(=O)O)c1cnc2ccnn2c1. The minimum absolute atomic E-state index is 0.425. The Morgan fingerprint density at radius 1 is 1.64 bits per heavy atom. The second kappa shape index (κ2) is 3.08. The molecule has 14 heavy (non-hydrogen) atoms. The smallest absolute Gasteiger partial charge is 0.325 e. The van der Waals surface area contributed by atoms with E-state index < -0.39 is 12.0 Å². The lowest BCUT2D eigenvalue weighted by Gasteiger charge is -2.05. The van der Waals surface area contributed by atoms with Crippen molar-refractivity contribution in [3.8, 4) is 0 Å². The lowest BCUT2D eigenvalue weighted by Crippen LogP contribution is -2.21. The topological polar surface area (TPSA) is 93.5 Å². The van der Waals surface area contributed by atoms with E-state index in [1.807, 2.05) is 0 Å². The summed E-state index contributed by atoms with van der Waals surface area (Å²) in [5.41, 5.74) is 6.50. The number of nitrogens with zero attached hydrogens (tertiary/aromatic N) is 3. The zero-order valence-corrected chi connectivity index (χ0v) is 7.16. The first kappa shape index (κ1) is 8.64. The molecule has 0 radical (unpaired) electrons. The third-order valence-corrected chi connectivity index (χ3v) is 1.89. The number of aromatic nitrogens is 3. The van der Waals surface area contributed by atoms with Crippen LogP contribution in [0, 0.1) is 0 Å². The highest BCUT2D eigenvalue weighted by Gasteiger charge is 2.15. The summed E-state index contributed by atoms with van der Waals surface area (Å²) >= 11 is 0. The Morgan fingerprint density at radius 3 is 3.14 bits per heavy atom. The van der Waals surface area contributed by atoms with Gasteiger partial charge in [-0.1, -0.05) is 0 Å². The van der Waals surface area contributed by atoms with Gasteiger partial charge in [0.05, 0.1) is 6.20 Å². The van der Waals surface area contributed by atoms with Crippen LogP contribution in [0.2, 0.25) is 0 Å². The Balaban J connectivity index is 2.48. The normalized spacial score (nSPS) is 12.9. The van der Waals surface area contributed by atoms with Gasteiger partial charge in [0.2, 0.25) is 0 Å². The summed E-state index contributed by atoms with van der Waals surface area (Å²) in [5, 5.41) is 12.6. The first-order valence-corrected chi connectivity index (χ1v) is 3.96.